The summed E-state index contributed by atoms with van der Waals surface area (Å²) in [5.41, 5.74) is 3.76. The number of rotatable bonds is 6. The molecule has 33 heavy (non-hydrogen) atoms. The van der Waals surface area contributed by atoms with Gasteiger partial charge in [0.25, 0.3) is 0 Å². The molecule has 3 aromatic rings. The summed E-state index contributed by atoms with van der Waals surface area (Å²) in [4.78, 5) is 27.5. The normalized spacial score (nSPS) is 16.1. The number of hydrogen-bond acceptors (Lipinski definition) is 3. The van der Waals surface area contributed by atoms with Crippen LogP contribution >= 0.6 is 0 Å². The molecule has 3 aromatic carbocycles. The first kappa shape index (κ1) is 22.5. The summed E-state index contributed by atoms with van der Waals surface area (Å²) >= 11 is 0. The molecule has 1 unspecified atom stereocenters. The number of nitrogens with zero attached hydrogens (tertiary/aromatic N) is 1. The Morgan fingerprint density at radius 3 is 2.58 bits per heavy atom. The third-order valence-electron chi connectivity index (χ3n) is 5.92. The third kappa shape index (κ3) is 5.77. The van der Waals surface area contributed by atoms with E-state index in [4.69, 9.17) is 4.74 Å². The van der Waals surface area contributed by atoms with Crippen LogP contribution in [0.15, 0.2) is 72.8 Å². The van der Waals surface area contributed by atoms with Crippen LogP contribution in [-0.2, 0) is 22.4 Å². The van der Waals surface area contributed by atoms with Crippen LogP contribution in [0.25, 0.3) is 11.1 Å². The summed E-state index contributed by atoms with van der Waals surface area (Å²) in [5, 5.41) is 2.94. The highest BCUT2D eigenvalue weighted by atomic mass is 19.1. The molecule has 0 bridgehead atoms. The minimum atomic E-state index is -0.342. The Hall–Kier alpha value is -3.67. The highest BCUT2D eigenvalue weighted by Crippen LogP contribution is 2.23. The van der Waals surface area contributed by atoms with Crippen LogP contribution in [0.1, 0.15) is 11.1 Å². The zero-order valence-electron chi connectivity index (χ0n) is 18.6. The van der Waals surface area contributed by atoms with Crippen LogP contribution < -0.4 is 10.1 Å². The van der Waals surface area contributed by atoms with Gasteiger partial charge in [0, 0.05) is 19.6 Å². The van der Waals surface area contributed by atoms with Crippen molar-refractivity contribution in [3.05, 3.63) is 89.7 Å². The maximum Gasteiger partial charge on any atom is 0.227 e. The highest BCUT2D eigenvalue weighted by molar-refractivity contribution is 5.83. The van der Waals surface area contributed by atoms with E-state index in [0.29, 0.717) is 31.8 Å². The number of carbonyl (C=O) groups excluding carboxylic acids is 2. The summed E-state index contributed by atoms with van der Waals surface area (Å²) < 4.78 is 18.5. The van der Waals surface area contributed by atoms with E-state index >= 15 is 0 Å². The van der Waals surface area contributed by atoms with Gasteiger partial charge in [0.1, 0.15) is 11.6 Å². The lowest BCUT2D eigenvalue weighted by Gasteiger charge is -2.23. The van der Waals surface area contributed by atoms with Crippen molar-refractivity contribution in [1.29, 1.82) is 0 Å². The first-order valence-corrected chi connectivity index (χ1v) is 11.0. The number of carbonyl (C=O) groups is 2. The molecule has 2 amide bonds. The van der Waals surface area contributed by atoms with Crippen molar-refractivity contribution < 1.29 is 18.7 Å². The molecule has 1 heterocycles. The predicted molar refractivity (Wildman–Crippen MR) is 125 cm³/mol. The minimum Gasteiger partial charge on any atom is -0.497 e. The highest BCUT2D eigenvalue weighted by Gasteiger charge is 2.28. The number of hydrogen-bond donors (Lipinski definition) is 1. The summed E-state index contributed by atoms with van der Waals surface area (Å²) in [6.07, 6.45) is 0.780. The van der Waals surface area contributed by atoms with Gasteiger partial charge in [-0.2, -0.15) is 0 Å². The van der Waals surface area contributed by atoms with E-state index in [-0.39, 0.29) is 30.0 Å². The second-order valence-corrected chi connectivity index (χ2v) is 8.27. The van der Waals surface area contributed by atoms with E-state index in [2.05, 4.69) is 5.32 Å². The molecule has 170 valence electrons. The van der Waals surface area contributed by atoms with E-state index in [1.54, 1.807) is 24.1 Å². The first-order valence-electron chi connectivity index (χ1n) is 11.0. The lowest BCUT2D eigenvalue weighted by molar-refractivity contribution is -0.131. The monoisotopic (exact) mass is 446 g/mol. The minimum absolute atomic E-state index is 0.00943. The molecule has 5 nitrogen and oxygen atoms in total. The zero-order chi connectivity index (χ0) is 23.2. The van der Waals surface area contributed by atoms with Crippen molar-refractivity contribution >= 4 is 11.8 Å². The van der Waals surface area contributed by atoms with Crippen molar-refractivity contribution in [3.63, 3.8) is 0 Å². The van der Waals surface area contributed by atoms with Gasteiger partial charge in [-0.15, -0.1) is 0 Å². The fraction of sp³-hybridized carbons (Fsp3) is 0.259. The van der Waals surface area contributed by atoms with E-state index in [1.807, 2.05) is 48.5 Å². The molecule has 0 aliphatic carbocycles. The van der Waals surface area contributed by atoms with Crippen LogP contribution in [-0.4, -0.2) is 43.5 Å². The molecule has 1 atom stereocenters. The molecule has 1 aliphatic rings. The maximum atomic E-state index is 13.3. The molecule has 0 aromatic heterocycles. The maximum absolute atomic E-state index is 13.3. The number of nitrogens with one attached hydrogen (secondary N) is 1. The number of halogens is 1. The van der Waals surface area contributed by atoms with E-state index < -0.39 is 0 Å². The molecular formula is C27H27FN2O3. The number of ether oxygens (including phenoxy) is 1. The van der Waals surface area contributed by atoms with Gasteiger partial charge < -0.3 is 15.0 Å². The fourth-order valence-corrected chi connectivity index (χ4v) is 4.16. The lowest BCUT2D eigenvalue weighted by Crippen LogP contribution is -2.38. The quantitative estimate of drug-likeness (QED) is 0.626. The molecule has 1 N–H and O–H groups in total. The molecule has 0 spiro atoms. The zero-order valence-corrected chi connectivity index (χ0v) is 18.6. The van der Waals surface area contributed by atoms with Gasteiger partial charge in [-0.05, 0) is 52.9 Å². The first-order chi connectivity index (χ1) is 16.0. The van der Waals surface area contributed by atoms with Gasteiger partial charge in [-0.25, -0.2) is 4.39 Å². The Kier molecular flexibility index (Phi) is 7.03. The number of methoxy groups -OCH3 is 1. The molecule has 0 saturated carbocycles. The van der Waals surface area contributed by atoms with Gasteiger partial charge in [-0.1, -0.05) is 48.5 Å². The van der Waals surface area contributed by atoms with Crippen LogP contribution in [0.4, 0.5) is 4.39 Å². The molecule has 1 saturated heterocycles. The summed E-state index contributed by atoms with van der Waals surface area (Å²) in [7, 11) is 1.60. The second kappa shape index (κ2) is 10.3. The van der Waals surface area contributed by atoms with Crippen LogP contribution in [0, 0.1) is 11.7 Å². The van der Waals surface area contributed by atoms with Crippen molar-refractivity contribution in [2.24, 2.45) is 5.92 Å². The van der Waals surface area contributed by atoms with Crippen molar-refractivity contribution in [3.8, 4) is 16.9 Å². The summed E-state index contributed by atoms with van der Waals surface area (Å²) in [6.45, 7) is 1.30. The van der Waals surface area contributed by atoms with Crippen molar-refractivity contribution in [2.75, 3.05) is 26.7 Å². The largest absolute Gasteiger partial charge is 0.497 e. The smallest absolute Gasteiger partial charge is 0.227 e. The molecule has 6 heteroatoms. The molecular weight excluding hydrogens is 419 g/mol. The lowest BCUT2D eigenvalue weighted by atomic mass is 9.95. The van der Waals surface area contributed by atoms with Crippen LogP contribution in [0.5, 0.6) is 5.75 Å². The van der Waals surface area contributed by atoms with E-state index in [9.17, 15) is 14.0 Å². The van der Waals surface area contributed by atoms with Gasteiger partial charge in [0.15, 0.2) is 0 Å². The fourth-order valence-electron chi connectivity index (χ4n) is 4.16. The van der Waals surface area contributed by atoms with E-state index in [1.165, 1.54) is 12.1 Å². The Balaban J connectivity index is 1.47. The van der Waals surface area contributed by atoms with Gasteiger partial charge in [-0.3, -0.25) is 9.59 Å². The SMILES string of the molecule is COc1cccc(CC(=O)N2CCNC(=O)C(Cc3cccc(-c4ccc(F)cc4)c3)C2)c1. The Bertz CT molecular complexity index is 1130. The molecule has 1 aliphatic heterocycles. The van der Waals surface area contributed by atoms with Gasteiger partial charge in [0.05, 0.1) is 19.4 Å². The van der Waals surface area contributed by atoms with Gasteiger partial charge >= 0.3 is 0 Å². The number of amides is 2. The summed E-state index contributed by atoms with van der Waals surface area (Å²) in [5.74, 6) is 0.0459. The molecule has 1 fully saturated rings. The number of benzene rings is 3. The van der Waals surface area contributed by atoms with Gasteiger partial charge in [0.2, 0.25) is 11.8 Å². The standard InChI is InChI=1S/C27H27FN2O3/c1-33-25-7-3-5-20(16-25)17-26(31)30-13-12-29-27(32)23(18-30)15-19-4-2-6-22(14-19)21-8-10-24(28)11-9-21/h2-11,14,16,23H,12-13,15,17-18H2,1H3,(H,29,32). The Morgan fingerprint density at radius 1 is 1.03 bits per heavy atom. The molecule has 0 radical (unpaired) electrons. The van der Waals surface area contributed by atoms with Crippen LogP contribution in [0.3, 0.4) is 0 Å². The third-order valence-corrected chi connectivity index (χ3v) is 5.92. The Morgan fingerprint density at radius 2 is 1.79 bits per heavy atom. The molecule has 4 rings (SSSR count). The predicted octanol–water partition coefficient (Wildman–Crippen LogP) is 3.86. The topological polar surface area (TPSA) is 58.6 Å². The Labute approximate surface area is 193 Å². The van der Waals surface area contributed by atoms with Crippen molar-refractivity contribution in [2.45, 2.75) is 12.8 Å². The van der Waals surface area contributed by atoms with Crippen molar-refractivity contribution in [1.82, 2.24) is 10.2 Å². The van der Waals surface area contributed by atoms with E-state index in [0.717, 1.165) is 22.3 Å². The average molecular weight is 447 g/mol. The van der Waals surface area contributed by atoms with Crippen LogP contribution in [0.2, 0.25) is 0 Å². The second-order valence-electron chi connectivity index (χ2n) is 8.27. The summed E-state index contributed by atoms with van der Waals surface area (Å²) in [6, 6.07) is 21.7. The average Bonchev–Trinajstić information content (AvgIpc) is 3.01.